The maximum Gasteiger partial charge on any atom is 0.241 e. The molecule has 0 unspecified atom stereocenters. The maximum atomic E-state index is 12.5. The summed E-state index contributed by atoms with van der Waals surface area (Å²) in [4.78, 5) is 15.9. The van der Waals surface area contributed by atoms with Crippen molar-refractivity contribution in [2.45, 2.75) is 26.4 Å². The van der Waals surface area contributed by atoms with Crippen LogP contribution >= 0.6 is 11.3 Å². The van der Waals surface area contributed by atoms with Crippen LogP contribution in [0.4, 0.5) is 5.69 Å². The topological polar surface area (TPSA) is 50.8 Å². The molecule has 2 aromatic rings. The van der Waals surface area contributed by atoms with Gasteiger partial charge in [0.05, 0.1) is 6.04 Å². The van der Waals surface area contributed by atoms with Crippen molar-refractivity contribution in [3.63, 3.8) is 0 Å². The molecule has 0 radical (unpaired) electrons. The van der Waals surface area contributed by atoms with Gasteiger partial charge in [0.2, 0.25) is 12.7 Å². The second kappa shape index (κ2) is 7.02. The summed E-state index contributed by atoms with van der Waals surface area (Å²) in [5.74, 6) is 1.35. The summed E-state index contributed by atoms with van der Waals surface area (Å²) in [5.41, 5.74) is 0.721. The zero-order valence-corrected chi connectivity index (χ0v) is 14.1. The second-order valence-corrected chi connectivity index (χ2v) is 6.41. The number of likely N-dealkylation sites (N-methyl/N-ethyl adjacent to an activating group) is 1. The van der Waals surface area contributed by atoms with Crippen molar-refractivity contribution in [1.29, 1.82) is 0 Å². The fraction of sp³-hybridized carbons (Fsp3) is 0.353. The minimum atomic E-state index is -0.215. The van der Waals surface area contributed by atoms with Crippen molar-refractivity contribution < 1.29 is 14.3 Å². The largest absolute Gasteiger partial charge is 0.454 e. The Labute approximate surface area is 139 Å². The molecule has 1 amide bonds. The van der Waals surface area contributed by atoms with Crippen LogP contribution in [0.15, 0.2) is 35.7 Å². The third kappa shape index (κ3) is 3.65. The van der Waals surface area contributed by atoms with Crippen molar-refractivity contribution in [2.75, 3.05) is 18.7 Å². The number of thiophene rings is 1. The molecule has 0 fully saturated rings. The molecule has 3 rings (SSSR count). The van der Waals surface area contributed by atoms with Crippen molar-refractivity contribution >= 4 is 22.9 Å². The van der Waals surface area contributed by atoms with Crippen LogP contribution in [-0.2, 0) is 11.3 Å². The minimum Gasteiger partial charge on any atom is -0.454 e. The van der Waals surface area contributed by atoms with Gasteiger partial charge in [-0.05, 0) is 37.0 Å². The molecular formula is C17H20N2O3S. The molecule has 0 saturated carbocycles. The first-order chi connectivity index (χ1) is 11.2. The summed E-state index contributed by atoms with van der Waals surface area (Å²) in [6, 6.07) is 9.34. The lowest BCUT2D eigenvalue weighted by Gasteiger charge is -2.26. The van der Waals surface area contributed by atoms with Crippen LogP contribution in [0.3, 0.4) is 0 Å². The number of carbonyl (C=O) groups is 1. The number of benzene rings is 1. The lowest BCUT2D eigenvalue weighted by Crippen LogP contribution is -2.41. The summed E-state index contributed by atoms with van der Waals surface area (Å²) >= 11 is 1.71. The molecule has 1 aliphatic rings. The zero-order chi connectivity index (χ0) is 16.2. The third-order valence-corrected chi connectivity index (χ3v) is 4.77. The number of nitrogens with zero attached hydrogens (tertiary/aromatic N) is 1. The van der Waals surface area contributed by atoms with Crippen LogP contribution in [0.2, 0.25) is 0 Å². The van der Waals surface area contributed by atoms with Crippen LogP contribution in [-0.4, -0.2) is 30.2 Å². The molecule has 0 bridgehead atoms. The zero-order valence-electron chi connectivity index (χ0n) is 13.2. The molecule has 6 heteroatoms. The number of nitrogens with one attached hydrogen (secondary N) is 1. The molecule has 0 aliphatic carbocycles. The normalized spacial score (nSPS) is 14.0. The first-order valence-electron chi connectivity index (χ1n) is 7.64. The summed E-state index contributed by atoms with van der Waals surface area (Å²) < 4.78 is 10.6. The van der Waals surface area contributed by atoms with E-state index in [0.29, 0.717) is 11.5 Å². The summed E-state index contributed by atoms with van der Waals surface area (Å²) in [6.45, 7) is 5.82. The van der Waals surface area contributed by atoms with E-state index in [-0.39, 0.29) is 18.7 Å². The number of carbonyl (C=O) groups excluding carboxylic acids is 1. The number of fused-ring (bicyclic) bond motifs is 1. The maximum absolute atomic E-state index is 12.5. The molecule has 23 heavy (non-hydrogen) atoms. The van der Waals surface area contributed by atoms with Gasteiger partial charge in [0, 0.05) is 23.2 Å². The highest BCUT2D eigenvalue weighted by molar-refractivity contribution is 7.09. The van der Waals surface area contributed by atoms with E-state index in [1.54, 1.807) is 17.4 Å². The molecule has 0 saturated heterocycles. The van der Waals surface area contributed by atoms with Crippen molar-refractivity contribution in [1.82, 2.24) is 4.90 Å². The molecule has 1 atom stereocenters. The third-order valence-electron chi connectivity index (χ3n) is 3.91. The van der Waals surface area contributed by atoms with Crippen LogP contribution in [0.5, 0.6) is 11.5 Å². The van der Waals surface area contributed by atoms with Crippen LogP contribution in [0.25, 0.3) is 0 Å². The molecule has 122 valence electrons. The van der Waals surface area contributed by atoms with Gasteiger partial charge in [-0.3, -0.25) is 9.69 Å². The Hall–Kier alpha value is -2.05. The van der Waals surface area contributed by atoms with E-state index in [2.05, 4.69) is 28.6 Å². The smallest absolute Gasteiger partial charge is 0.241 e. The Morgan fingerprint density at radius 1 is 1.35 bits per heavy atom. The average molecular weight is 332 g/mol. The van der Waals surface area contributed by atoms with E-state index < -0.39 is 0 Å². The summed E-state index contributed by atoms with van der Waals surface area (Å²) in [5, 5.41) is 5.01. The molecule has 1 N–H and O–H groups in total. The Bertz CT molecular complexity index is 672. The molecule has 1 aromatic carbocycles. The molecule has 2 heterocycles. The van der Waals surface area contributed by atoms with Gasteiger partial charge in [-0.1, -0.05) is 13.0 Å². The number of hydrogen-bond acceptors (Lipinski definition) is 5. The number of anilines is 1. The summed E-state index contributed by atoms with van der Waals surface area (Å²) in [6.07, 6.45) is 0. The standard InChI is InChI=1S/C17H20N2O3S/c1-3-19(10-14-5-4-8-23-14)12(2)17(20)18-13-6-7-15-16(9-13)22-11-21-15/h4-9,12H,3,10-11H2,1-2H3,(H,18,20)/t12-/m1/s1. The predicted molar refractivity (Wildman–Crippen MR) is 91.1 cm³/mol. The van der Waals surface area contributed by atoms with Crippen LogP contribution in [0.1, 0.15) is 18.7 Å². The number of ether oxygens (including phenoxy) is 2. The Kier molecular flexibility index (Phi) is 4.83. The molecule has 0 spiro atoms. The van der Waals surface area contributed by atoms with Gasteiger partial charge in [0.25, 0.3) is 0 Å². The summed E-state index contributed by atoms with van der Waals surface area (Å²) in [7, 11) is 0. The van der Waals surface area contributed by atoms with Gasteiger partial charge in [-0.2, -0.15) is 0 Å². The van der Waals surface area contributed by atoms with Gasteiger partial charge in [-0.25, -0.2) is 0 Å². The Morgan fingerprint density at radius 3 is 2.91 bits per heavy atom. The quantitative estimate of drug-likeness (QED) is 0.881. The fourth-order valence-electron chi connectivity index (χ4n) is 2.51. The molecule has 5 nitrogen and oxygen atoms in total. The van der Waals surface area contributed by atoms with Gasteiger partial charge < -0.3 is 14.8 Å². The van der Waals surface area contributed by atoms with Crippen molar-refractivity contribution in [3.05, 3.63) is 40.6 Å². The Balaban J connectivity index is 1.64. The van der Waals surface area contributed by atoms with Crippen LogP contribution < -0.4 is 14.8 Å². The first kappa shape index (κ1) is 15.8. The molecule has 1 aromatic heterocycles. The number of amides is 1. The average Bonchev–Trinajstić information content (AvgIpc) is 3.22. The van der Waals surface area contributed by atoms with Gasteiger partial charge in [-0.15, -0.1) is 11.3 Å². The van der Waals surface area contributed by atoms with E-state index in [1.165, 1.54) is 4.88 Å². The number of hydrogen-bond donors (Lipinski definition) is 1. The van der Waals surface area contributed by atoms with E-state index in [4.69, 9.17) is 9.47 Å². The SMILES string of the molecule is CCN(Cc1cccs1)[C@H](C)C(=O)Nc1ccc2c(c1)OCO2. The number of rotatable bonds is 6. The monoisotopic (exact) mass is 332 g/mol. The molecule has 1 aliphatic heterocycles. The van der Waals surface area contributed by atoms with E-state index >= 15 is 0 Å². The first-order valence-corrected chi connectivity index (χ1v) is 8.52. The lowest BCUT2D eigenvalue weighted by atomic mass is 10.2. The highest BCUT2D eigenvalue weighted by Crippen LogP contribution is 2.34. The van der Waals surface area contributed by atoms with E-state index in [9.17, 15) is 4.79 Å². The lowest BCUT2D eigenvalue weighted by molar-refractivity contribution is -0.120. The highest BCUT2D eigenvalue weighted by Gasteiger charge is 2.21. The highest BCUT2D eigenvalue weighted by atomic mass is 32.1. The fourth-order valence-corrected chi connectivity index (χ4v) is 3.24. The van der Waals surface area contributed by atoms with E-state index in [1.807, 2.05) is 25.1 Å². The van der Waals surface area contributed by atoms with Gasteiger partial charge in [0.1, 0.15) is 0 Å². The van der Waals surface area contributed by atoms with Gasteiger partial charge in [0.15, 0.2) is 11.5 Å². The predicted octanol–water partition coefficient (Wildman–Crippen LogP) is 3.33. The minimum absolute atomic E-state index is 0.0257. The van der Waals surface area contributed by atoms with Crippen molar-refractivity contribution in [2.24, 2.45) is 0 Å². The van der Waals surface area contributed by atoms with Crippen molar-refractivity contribution in [3.8, 4) is 11.5 Å². The Morgan fingerprint density at radius 2 is 2.17 bits per heavy atom. The van der Waals surface area contributed by atoms with E-state index in [0.717, 1.165) is 18.8 Å². The second-order valence-electron chi connectivity index (χ2n) is 5.38. The van der Waals surface area contributed by atoms with Gasteiger partial charge >= 0.3 is 0 Å². The molecular weight excluding hydrogens is 312 g/mol. The van der Waals surface area contributed by atoms with Crippen LogP contribution in [0, 0.1) is 0 Å².